The van der Waals surface area contributed by atoms with Crippen molar-refractivity contribution in [1.82, 2.24) is 8.61 Å². The van der Waals surface area contributed by atoms with E-state index in [2.05, 4.69) is 5.32 Å². The van der Waals surface area contributed by atoms with Gasteiger partial charge in [-0.25, -0.2) is 16.8 Å². The molecule has 0 atom stereocenters. The van der Waals surface area contributed by atoms with Gasteiger partial charge in [0, 0.05) is 50.0 Å². The van der Waals surface area contributed by atoms with E-state index in [1.165, 1.54) is 26.8 Å². The summed E-state index contributed by atoms with van der Waals surface area (Å²) in [7, 11) is -7.47. The second-order valence-electron chi connectivity index (χ2n) is 9.65. The first kappa shape index (κ1) is 26.5. The van der Waals surface area contributed by atoms with Crippen molar-refractivity contribution in [2.75, 3.05) is 25.0 Å². The number of anilines is 1. The molecule has 1 fully saturated rings. The number of fused-ring (bicyclic) bond motifs is 1. The number of piperidine rings is 1. The van der Waals surface area contributed by atoms with Crippen LogP contribution in [-0.2, 0) is 39.6 Å². The molecule has 0 aliphatic carbocycles. The fraction of sp³-hybridized carbons (Fsp3) is 0.333. The summed E-state index contributed by atoms with van der Waals surface area (Å²) in [6.45, 7) is 1.62. The molecule has 38 heavy (non-hydrogen) atoms. The van der Waals surface area contributed by atoms with E-state index in [9.17, 15) is 27.0 Å². The molecule has 0 unspecified atom stereocenters. The number of phenolic OH excluding ortho intramolecular Hbond substituents is 2. The lowest BCUT2D eigenvalue weighted by Gasteiger charge is -2.28. The van der Waals surface area contributed by atoms with Gasteiger partial charge in [-0.3, -0.25) is 0 Å². The number of rotatable bonds is 7. The van der Waals surface area contributed by atoms with Crippen LogP contribution in [0, 0.1) is 0 Å². The Hall–Kier alpha value is -3.12. The summed E-state index contributed by atoms with van der Waals surface area (Å²) in [6.07, 6.45) is 3.34. The van der Waals surface area contributed by atoms with Crippen LogP contribution in [0.1, 0.15) is 36.0 Å². The van der Waals surface area contributed by atoms with E-state index in [1.54, 1.807) is 12.1 Å². The predicted octanol–water partition coefficient (Wildman–Crippen LogP) is 3.63. The molecule has 11 heteroatoms. The maximum Gasteiger partial charge on any atom is 0.243 e. The van der Waals surface area contributed by atoms with Crippen molar-refractivity contribution in [2.45, 2.75) is 48.6 Å². The Bertz CT molecular complexity index is 1530. The van der Waals surface area contributed by atoms with Crippen LogP contribution < -0.4 is 5.32 Å². The van der Waals surface area contributed by atoms with Crippen molar-refractivity contribution >= 4 is 25.7 Å². The van der Waals surface area contributed by atoms with E-state index in [0.29, 0.717) is 31.7 Å². The molecule has 0 aromatic heterocycles. The number of hydrogen-bond acceptors (Lipinski definition) is 7. The Labute approximate surface area is 223 Å². The smallest absolute Gasteiger partial charge is 0.243 e. The lowest BCUT2D eigenvalue weighted by atomic mass is 10.0. The summed E-state index contributed by atoms with van der Waals surface area (Å²) in [5.41, 5.74) is 2.85. The molecule has 0 saturated carbocycles. The van der Waals surface area contributed by atoms with Crippen molar-refractivity contribution in [3.05, 3.63) is 77.4 Å². The summed E-state index contributed by atoms with van der Waals surface area (Å²) < 4.78 is 55.4. The largest absolute Gasteiger partial charge is 0.504 e. The van der Waals surface area contributed by atoms with Gasteiger partial charge in [0.1, 0.15) is 0 Å². The zero-order chi connectivity index (χ0) is 26.9. The van der Waals surface area contributed by atoms with Crippen LogP contribution in [0.3, 0.4) is 0 Å². The third-order valence-corrected chi connectivity index (χ3v) is 10.9. The molecule has 5 rings (SSSR count). The molecule has 0 radical (unpaired) electrons. The van der Waals surface area contributed by atoms with Crippen LogP contribution >= 0.6 is 0 Å². The van der Waals surface area contributed by atoms with Crippen molar-refractivity contribution in [3.63, 3.8) is 0 Å². The van der Waals surface area contributed by atoms with Crippen molar-refractivity contribution in [3.8, 4) is 11.5 Å². The number of benzene rings is 3. The van der Waals surface area contributed by atoms with Gasteiger partial charge in [-0.2, -0.15) is 8.61 Å². The minimum absolute atomic E-state index is 0.0177. The average Bonchev–Trinajstić information content (AvgIpc) is 2.94. The first-order chi connectivity index (χ1) is 18.2. The number of nitrogens with one attached hydrogen (secondary N) is 1. The van der Waals surface area contributed by atoms with E-state index in [0.717, 1.165) is 36.5 Å². The van der Waals surface area contributed by atoms with Gasteiger partial charge in [0.15, 0.2) is 11.5 Å². The Balaban J connectivity index is 1.32. The SMILES string of the molecule is O=S(=O)(c1ccc(NCc2cc(S(=O)(=O)N3CCc4ccccc4C3)cc(O)c2O)cc1)N1CCCCC1. The lowest BCUT2D eigenvalue weighted by Crippen LogP contribution is -2.36. The first-order valence-corrected chi connectivity index (χ1v) is 15.5. The van der Waals surface area contributed by atoms with Crippen LogP contribution in [0.4, 0.5) is 5.69 Å². The maximum absolute atomic E-state index is 13.4. The highest BCUT2D eigenvalue weighted by molar-refractivity contribution is 7.89. The second kappa shape index (κ2) is 10.6. The topological polar surface area (TPSA) is 127 Å². The second-order valence-corrected chi connectivity index (χ2v) is 13.5. The van der Waals surface area contributed by atoms with Crippen LogP contribution in [0.5, 0.6) is 11.5 Å². The summed E-state index contributed by atoms with van der Waals surface area (Å²) in [4.78, 5) is 0.105. The van der Waals surface area contributed by atoms with Gasteiger partial charge in [-0.15, -0.1) is 0 Å². The van der Waals surface area contributed by atoms with E-state index >= 15 is 0 Å². The highest BCUT2D eigenvalue weighted by Gasteiger charge is 2.30. The molecule has 3 aromatic carbocycles. The van der Waals surface area contributed by atoms with Crippen LogP contribution in [0.25, 0.3) is 0 Å². The summed E-state index contributed by atoms with van der Waals surface area (Å²) >= 11 is 0. The van der Waals surface area contributed by atoms with E-state index in [4.69, 9.17) is 0 Å². The Morgan fingerprint density at radius 2 is 1.39 bits per heavy atom. The van der Waals surface area contributed by atoms with Crippen molar-refractivity contribution in [2.24, 2.45) is 0 Å². The minimum Gasteiger partial charge on any atom is -0.504 e. The van der Waals surface area contributed by atoms with Gasteiger partial charge >= 0.3 is 0 Å². The zero-order valence-electron chi connectivity index (χ0n) is 20.9. The molecule has 2 aliphatic rings. The van der Waals surface area contributed by atoms with Gasteiger partial charge in [0.05, 0.1) is 9.79 Å². The van der Waals surface area contributed by atoms with E-state index < -0.39 is 31.5 Å². The number of sulfonamides is 2. The van der Waals surface area contributed by atoms with Crippen LogP contribution in [0.2, 0.25) is 0 Å². The maximum atomic E-state index is 13.4. The molecule has 1 saturated heterocycles. The summed E-state index contributed by atoms with van der Waals surface area (Å²) in [6, 6.07) is 16.4. The van der Waals surface area contributed by atoms with Crippen molar-refractivity contribution < 1.29 is 27.0 Å². The highest BCUT2D eigenvalue weighted by atomic mass is 32.2. The van der Waals surface area contributed by atoms with Gasteiger partial charge in [-0.1, -0.05) is 30.7 Å². The summed E-state index contributed by atoms with van der Waals surface area (Å²) in [5.74, 6) is -0.937. The fourth-order valence-electron chi connectivity index (χ4n) is 4.95. The number of hydrogen-bond donors (Lipinski definition) is 3. The molecule has 3 aromatic rings. The molecule has 2 aliphatic heterocycles. The summed E-state index contributed by atoms with van der Waals surface area (Å²) in [5, 5.41) is 23.8. The van der Waals surface area contributed by atoms with Crippen molar-refractivity contribution in [1.29, 1.82) is 0 Å². The lowest BCUT2D eigenvalue weighted by molar-refractivity contribution is 0.346. The monoisotopic (exact) mass is 557 g/mol. The first-order valence-electron chi connectivity index (χ1n) is 12.6. The standard InChI is InChI=1S/C27H31N3O6S2/c31-26-17-25(38(35,36)30-15-12-20-6-2-3-7-21(20)19-30)16-22(27(26)32)18-28-23-8-10-24(11-9-23)37(33,34)29-13-4-1-5-14-29/h2-3,6-11,16-17,28,31-32H,1,4-5,12-15,18-19H2. The van der Waals surface area contributed by atoms with Gasteiger partial charge in [-0.05, 0) is 60.7 Å². The molecule has 202 valence electrons. The molecular formula is C27H31N3O6S2. The number of phenols is 2. The molecule has 3 N–H and O–H groups in total. The Morgan fingerprint density at radius 3 is 2.11 bits per heavy atom. The molecule has 0 spiro atoms. The van der Waals surface area contributed by atoms with E-state index in [1.807, 2.05) is 24.3 Å². The highest BCUT2D eigenvalue weighted by Crippen LogP contribution is 2.35. The minimum atomic E-state index is -3.92. The molecule has 0 amide bonds. The van der Waals surface area contributed by atoms with E-state index in [-0.39, 0.29) is 28.4 Å². The molecular weight excluding hydrogens is 526 g/mol. The fourth-order valence-corrected chi connectivity index (χ4v) is 7.96. The number of aromatic hydroxyl groups is 2. The predicted molar refractivity (Wildman–Crippen MR) is 144 cm³/mol. The quantitative estimate of drug-likeness (QED) is 0.379. The third kappa shape index (κ3) is 5.24. The molecule has 0 bridgehead atoms. The van der Waals surface area contributed by atoms with Gasteiger partial charge in [0.2, 0.25) is 20.0 Å². The average molecular weight is 558 g/mol. The zero-order valence-corrected chi connectivity index (χ0v) is 22.5. The molecule has 2 heterocycles. The normalized spacial score (nSPS) is 17.2. The Kier molecular flexibility index (Phi) is 7.36. The van der Waals surface area contributed by atoms with Gasteiger partial charge in [0.25, 0.3) is 0 Å². The van der Waals surface area contributed by atoms with Gasteiger partial charge < -0.3 is 15.5 Å². The van der Waals surface area contributed by atoms with Crippen LogP contribution in [0.15, 0.2) is 70.5 Å². The van der Waals surface area contributed by atoms with Crippen LogP contribution in [-0.4, -0.2) is 55.3 Å². The third-order valence-electron chi connectivity index (χ3n) is 7.17. The molecule has 9 nitrogen and oxygen atoms in total. The Morgan fingerprint density at radius 1 is 0.737 bits per heavy atom. The number of nitrogens with zero attached hydrogens (tertiary/aromatic N) is 2.